The lowest BCUT2D eigenvalue weighted by Crippen LogP contribution is -3.00. The van der Waals surface area contributed by atoms with Gasteiger partial charge >= 0.3 is 5.97 Å². The molecule has 6 heteroatoms. The van der Waals surface area contributed by atoms with Crippen LogP contribution >= 0.6 is 11.3 Å². The predicted molar refractivity (Wildman–Crippen MR) is 67.0 cm³/mol. The summed E-state index contributed by atoms with van der Waals surface area (Å²) in [6, 6.07) is 5.11. The van der Waals surface area contributed by atoms with E-state index in [1.807, 2.05) is 18.2 Å². The molecule has 0 radical (unpaired) electrons. The zero-order valence-electron chi connectivity index (χ0n) is 9.97. The average Bonchev–Trinajstić information content (AvgIpc) is 2.72. The van der Waals surface area contributed by atoms with E-state index in [-0.39, 0.29) is 17.0 Å². The molecule has 2 rings (SSSR count). The largest absolute Gasteiger partial charge is 1.00 e. The van der Waals surface area contributed by atoms with E-state index in [4.69, 9.17) is 10.8 Å². The molecule has 0 saturated heterocycles. The van der Waals surface area contributed by atoms with Crippen LogP contribution in [0.5, 0.6) is 0 Å². The number of hydrogen-bond acceptors (Lipinski definition) is 3. The van der Waals surface area contributed by atoms with Crippen molar-refractivity contribution in [2.24, 2.45) is 5.73 Å². The van der Waals surface area contributed by atoms with Gasteiger partial charge in [0.15, 0.2) is 0 Å². The van der Waals surface area contributed by atoms with Gasteiger partial charge in [0.25, 0.3) is 0 Å². The van der Waals surface area contributed by atoms with Gasteiger partial charge in [0.05, 0.1) is 0 Å². The molecular weight excluding hydrogens is 316 g/mol. The van der Waals surface area contributed by atoms with E-state index in [1.165, 1.54) is 0 Å². The standard InChI is InChI=1S/C12H14N2O2S.BrH/c1-2-14-7-17-11-8(4-3-5-10(11)14)6-9(13)12(15)16;/h3-5,7,9H,2,6,13H2,1H3;1H/t9-;/m0./s1. The molecule has 0 spiro atoms. The van der Waals surface area contributed by atoms with Gasteiger partial charge in [0, 0.05) is 6.07 Å². The second-order valence-corrected chi connectivity index (χ2v) is 4.78. The van der Waals surface area contributed by atoms with Gasteiger partial charge in [-0.15, -0.1) is 0 Å². The van der Waals surface area contributed by atoms with Gasteiger partial charge in [-0.1, -0.05) is 23.5 Å². The third-order valence-corrected chi connectivity index (χ3v) is 3.85. The molecule has 0 aliphatic rings. The zero-order chi connectivity index (χ0) is 12.4. The number of carboxylic acids is 1. The fourth-order valence-electron chi connectivity index (χ4n) is 1.84. The summed E-state index contributed by atoms with van der Waals surface area (Å²) in [6.07, 6.45) is 0.372. The Kier molecular flexibility index (Phi) is 5.25. The second-order valence-electron chi connectivity index (χ2n) is 3.92. The monoisotopic (exact) mass is 330 g/mol. The normalized spacial score (nSPS) is 12.1. The molecule has 3 N–H and O–H groups in total. The lowest BCUT2D eigenvalue weighted by molar-refractivity contribution is -0.663. The smallest absolute Gasteiger partial charge is 0.320 e. The maximum atomic E-state index is 10.8. The van der Waals surface area contributed by atoms with Crippen molar-refractivity contribution in [2.75, 3.05) is 0 Å². The molecule has 1 aromatic heterocycles. The van der Waals surface area contributed by atoms with Crippen molar-refractivity contribution in [3.05, 3.63) is 29.3 Å². The minimum Gasteiger partial charge on any atom is -1.00 e. The number of hydrogen-bond donors (Lipinski definition) is 2. The summed E-state index contributed by atoms with van der Waals surface area (Å²) < 4.78 is 3.28. The van der Waals surface area contributed by atoms with E-state index in [2.05, 4.69) is 17.0 Å². The first kappa shape index (κ1) is 15.1. The molecule has 1 heterocycles. The molecule has 0 fully saturated rings. The molecule has 0 bridgehead atoms. The Morgan fingerprint density at radius 2 is 2.28 bits per heavy atom. The SMILES string of the molecule is CC[n+]1csc2c(C[C@H](N)C(=O)O)cccc21.[Br-]. The predicted octanol–water partition coefficient (Wildman–Crippen LogP) is -1.83. The van der Waals surface area contributed by atoms with E-state index < -0.39 is 12.0 Å². The molecule has 1 aromatic carbocycles. The Balaban J connectivity index is 0.00000162. The number of nitrogens with zero attached hydrogens (tertiary/aromatic N) is 1. The maximum Gasteiger partial charge on any atom is 0.320 e. The number of rotatable bonds is 4. The number of aryl methyl sites for hydroxylation is 1. The van der Waals surface area contributed by atoms with E-state index in [0.29, 0.717) is 6.42 Å². The molecule has 1 atom stereocenters. The van der Waals surface area contributed by atoms with Gasteiger partial charge in [-0.25, -0.2) is 0 Å². The summed E-state index contributed by atoms with van der Waals surface area (Å²) in [6.45, 7) is 3.00. The maximum absolute atomic E-state index is 10.8. The number of nitrogens with two attached hydrogens (primary N) is 1. The van der Waals surface area contributed by atoms with E-state index in [1.54, 1.807) is 11.3 Å². The highest BCUT2D eigenvalue weighted by Crippen LogP contribution is 2.22. The van der Waals surface area contributed by atoms with Crippen LogP contribution in [0.2, 0.25) is 0 Å². The van der Waals surface area contributed by atoms with Crippen molar-refractivity contribution >= 4 is 27.5 Å². The van der Waals surface area contributed by atoms with Crippen LogP contribution in [0.4, 0.5) is 0 Å². The molecular formula is C12H15BrN2O2S. The lowest BCUT2D eigenvalue weighted by Gasteiger charge is -2.05. The first-order valence-electron chi connectivity index (χ1n) is 5.50. The van der Waals surface area contributed by atoms with Crippen LogP contribution < -0.4 is 27.3 Å². The summed E-state index contributed by atoms with van der Waals surface area (Å²) in [5.74, 6) is -0.957. The topological polar surface area (TPSA) is 67.2 Å². The van der Waals surface area contributed by atoms with Crippen LogP contribution in [-0.4, -0.2) is 17.1 Å². The summed E-state index contributed by atoms with van der Waals surface area (Å²) in [5.41, 5.74) is 9.79. The number of benzene rings is 1. The quantitative estimate of drug-likeness (QED) is 0.648. The lowest BCUT2D eigenvalue weighted by atomic mass is 10.1. The zero-order valence-corrected chi connectivity index (χ0v) is 12.4. The van der Waals surface area contributed by atoms with Gasteiger partial charge < -0.3 is 27.8 Å². The van der Waals surface area contributed by atoms with Crippen LogP contribution in [-0.2, 0) is 17.8 Å². The molecule has 0 unspecified atom stereocenters. The van der Waals surface area contributed by atoms with Gasteiger partial charge in [-0.2, -0.15) is 4.57 Å². The first-order chi connectivity index (χ1) is 8.13. The molecule has 98 valence electrons. The number of aliphatic carboxylic acids is 1. The Bertz CT molecular complexity index is 556. The summed E-state index contributed by atoms with van der Waals surface area (Å²) in [4.78, 5) is 10.8. The Morgan fingerprint density at radius 3 is 2.89 bits per heavy atom. The molecule has 0 amide bonds. The number of halogens is 1. The van der Waals surface area contributed by atoms with Crippen LogP contribution in [0.15, 0.2) is 23.7 Å². The third-order valence-electron chi connectivity index (χ3n) is 2.78. The van der Waals surface area contributed by atoms with Crippen LogP contribution in [0.1, 0.15) is 12.5 Å². The number of carboxylic acid groups (broad SMARTS) is 1. The number of aromatic nitrogens is 1. The van der Waals surface area contributed by atoms with E-state index >= 15 is 0 Å². The highest BCUT2D eigenvalue weighted by molar-refractivity contribution is 7.16. The highest BCUT2D eigenvalue weighted by Gasteiger charge is 2.17. The number of carbonyl (C=O) groups is 1. The van der Waals surface area contributed by atoms with Crippen LogP contribution in [0, 0.1) is 0 Å². The van der Waals surface area contributed by atoms with Crippen LogP contribution in [0.25, 0.3) is 10.2 Å². The van der Waals surface area contributed by atoms with Gasteiger partial charge in [0.2, 0.25) is 11.0 Å². The third kappa shape index (κ3) is 2.88. The van der Waals surface area contributed by atoms with Crippen molar-refractivity contribution < 1.29 is 31.4 Å². The van der Waals surface area contributed by atoms with E-state index in [9.17, 15) is 4.79 Å². The average molecular weight is 331 g/mol. The van der Waals surface area contributed by atoms with Crippen molar-refractivity contribution in [1.82, 2.24) is 0 Å². The first-order valence-corrected chi connectivity index (χ1v) is 6.38. The van der Waals surface area contributed by atoms with Gasteiger partial charge in [-0.05, 0) is 18.9 Å². The van der Waals surface area contributed by atoms with Crippen molar-refractivity contribution in [3.8, 4) is 0 Å². The highest BCUT2D eigenvalue weighted by atomic mass is 79.9. The molecule has 0 aliphatic carbocycles. The van der Waals surface area contributed by atoms with Crippen LogP contribution in [0.3, 0.4) is 0 Å². The summed E-state index contributed by atoms with van der Waals surface area (Å²) >= 11 is 1.63. The minimum absolute atomic E-state index is 0. The number of fused-ring (bicyclic) bond motifs is 1. The molecule has 0 aliphatic heterocycles. The minimum atomic E-state index is -0.957. The van der Waals surface area contributed by atoms with Crippen molar-refractivity contribution in [2.45, 2.75) is 25.9 Å². The Labute approximate surface area is 120 Å². The van der Waals surface area contributed by atoms with Crippen molar-refractivity contribution in [3.63, 3.8) is 0 Å². The fraction of sp³-hybridized carbons (Fsp3) is 0.333. The number of thiazole rings is 1. The van der Waals surface area contributed by atoms with Gasteiger partial charge in [0.1, 0.15) is 17.3 Å². The van der Waals surface area contributed by atoms with Gasteiger partial charge in [-0.3, -0.25) is 4.79 Å². The Morgan fingerprint density at radius 1 is 1.56 bits per heavy atom. The van der Waals surface area contributed by atoms with Crippen molar-refractivity contribution in [1.29, 1.82) is 0 Å². The molecule has 0 saturated carbocycles. The molecule has 2 aromatic rings. The Hall–Kier alpha value is -0.980. The van der Waals surface area contributed by atoms with E-state index in [0.717, 1.165) is 22.3 Å². The molecule has 18 heavy (non-hydrogen) atoms. The summed E-state index contributed by atoms with van der Waals surface area (Å²) in [7, 11) is 0. The summed E-state index contributed by atoms with van der Waals surface area (Å²) in [5, 5.41) is 8.84. The molecule has 4 nitrogen and oxygen atoms in total. The fourth-order valence-corrected chi connectivity index (χ4v) is 2.94. The second kappa shape index (κ2) is 6.26.